The highest BCUT2D eigenvalue weighted by Gasteiger charge is 2.06. The van der Waals surface area contributed by atoms with Crippen molar-refractivity contribution in [2.45, 2.75) is 13.0 Å². The molecule has 0 aliphatic carbocycles. The maximum atomic E-state index is 11.2. The molecule has 21 heavy (non-hydrogen) atoms. The minimum atomic E-state index is -0.208. The minimum Gasteiger partial charge on any atom is -0.469 e. The van der Waals surface area contributed by atoms with Crippen molar-refractivity contribution in [2.75, 3.05) is 31.4 Å². The van der Waals surface area contributed by atoms with E-state index in [4.69, 9.17) is 0 Å². The van der Waals surface area contributed by atoms with Crippen molar-refractivity contribution in [1.29, 1.82) is 0 Å². The number of hydrogen-bond donors (Lipinski definition) is 1. The van der Waals surface area contributed by atoms with Gasteiger partial charge in [0.15, 0.2) is 0 Å². The van der Waals surface area contributed by atoms with Gasteiger partial charge in [-0.15, -0.1) is 11.3 Å². The molecule has 0 spiro atoms. The van der Waals surface area contributed by atoms with Gasteiger partial charge in [0.05, 0.1) is 25.4 Å². The Bertz CT molecular complexity index is 593. The smallest absolute Gasteiger partial charge is 0.310 e. The second kappa shape index (κ2) is 7.08. The first-order chi connectivity index (χ1) is 10.1. The first-order valence-electron chi connectivity index (χ1n) is 6.60. The number of ether oxygens (including phenoxy) is 1. The van der Waals surface area contributed by atoms with Crippen LogP contribution in [0.3, 0.4) is 0 Å². The summed E-state index contributed by atoms with van der Waals surface area (Å²) in [5.41, 5.74) is 0.975. The molecule has 5 nitrogen and oxygen atoms in total. The number of esters is 1. The van der Waals surface area contributed by atoms with Crippen LogP contribution in [0, 0.1) is 0 Å². The minimum absolute atomic E-state index is 0.208. The summed E-state index contributed by atoms with van der Waals surface area (Å²) in [7, 11) is 5.33. The molecule has 0 saturated heterocycles. The number of methoxy groups -OCH3 is 1. The lowest BCUT2D eigenvalue weighted by Crippen LogP contribution is -2.10. The zero-order chi connectivity index (χ0) is 15.2. The number of nitrogens with one attached hydrogen (secondary N) is 1. The number of rotatable bonds is 6. The average molecular weight is 305 g/mol. The van der Waals surface area contributed by atoms with E-state index in [1.54, 1.807) is 11.3 Å². The van der Waals surface area contributed by atoms with Crippen LogP contribution in [-0.4, -0.2) is 32.2 Å². The lowest BCUT2D eigenvalue weighted by atomic mass is 10.3. The number of pyridine rings is 1. The molecule has 6 heteroatoms. The molecule has 0 unspecified atom stereocenters. The highest BCUT2D eigenvalue weighted by molar-refractivity contribution is 7.12. The van der Waals surface area contributed by atoms with E-state index in [-0.39, 0.29) is 5.97 Å². The van der Waals surface area contributed by atoms with Crippen LogP contribution in [-0.2, 0) is 22.5 Å². The first kappa shape index (κ1) is 15.3. The van der Waals surface area contributed by atoms with Gasteiger partial charge in [-0.1, -0.05) is 0 Å². The molecule has 2 aromatic heterocycles. The van der Waals surface area contributed by atoms with Gasteiger partial charge in [0.1, 0.15) is 5.82 Å². The normalized spacial score (nSPS) is 10.2. The van der Waals surface area contributed by atoms with E-state index in [0.717, 1.165) is 22.9 Å². The number of thiophene rings is 1. The summed E-state index contributed by atoms with van der Waals surface area (Å²) in [6.07, 6.45) is 2.15. The molecule has 0 saturated carbocycles. The van der Waals surface area contributed by atoms with Crippen molar-refractivity contribution in [2.24, 2.45) is 0 Å². The van der Waals surface area contributed by atoms with Crippen molar-refractivity contribution in [1.82, 2.24) is 4.98 Å². The summed E-state index contributed by atoms with van der Waals surface area (Å²) in [6, 6.07) is 7.97. The van der Waals surface area contributed by atoms with Gasteiger partial charge in [-0.25, -0.2) is 4.98 Å². The van der Waals surface area contributed by atoms with Crippen LogP contribution >= 0.6 is 11.3 Å². The highest BCUT2D eigenvalue weighted by atomic mass is 32.1. The van der Waals surface area contributed by atoms with Gasteiger partial charge < -0.3 is 15.0 Å². The molecule has 0 atom stereocenters. The number of carbonyl (C=O) groups excluding carboxylic acids is 1. The first-order valence-corrected chi connectivity index (χ1v) is 7.42. The molecule has 0 aliphatic heterocycles. The third-order valence-corrected chi connectivity index (χ3v) is 4.02. The molecule has 2 heterocycles. The Hall–Kier alpha value is -2.08. The fourth-order valence-corrected chi connectivity index (χ4v) is 2.71. The predicted octanol–water partition coefficient (Wildman–Crippen LogP) is 2.54. The molecule has 0 radical (unpaired) electrons. The van der Waals surface area contributed by atoms with Crippen molar-refractivity contribution >= 4 is 28.8 Å². The fourth-order valence-electron chi connectivity index (χ4n) is 1.77. The maximum Gasteiger partial charge on any atom is 0.310 e. The van der Waals surface area contributed by atoms with Crippen LogP contribution in [0.2, 0.25) is 0 Å². The topological polar surface area (TPSA) is 54.5 Å². The van der Waals surface area contributed by atoms with Gasteiger partial charge in [0.2, 0.25) is 0 Å². The van der Waals surface area contributed by atoms with E-state index in [0.29, 0.717) is 6.42 Å². The van der Waals surface area contributed by atoms with Gasteiger partial charge in [-0.05, 0) is 24.3 Å². The monoisotopic (exact) mass is 305 g/mol. The lowest BCUT2D eigenvalue weighted by Gasteiger charge is -2.11. The average Bonchev–Trinajstić information content (AvgIpc) is 2.93. The standard InChI is InChI=1S/C15H19N3O2S/c1-18(2)14-7-4-11(9-17-14)16-10-13-6-5-12(21-13)8-15(19)20-3/h4-7,9,16H,8,10H2,1-3H3. The van der Waals surface area contributed by atoms with Crippen LogP contribution < -0.4 is 10.2 Å². The Morgan fingerprint density at radius 2 is 2.05 bits per heavy atom. The SMILES string of the molecule is COC(=O)Cc1ccc(CNc2ccc(N(C)C)nc2)s1. The Labute approximate surface area is 128 Å². The van der Waals surface area contributed by atoms with Crippen LogP contribution in [0.4, 0.5) is 11.5 Å². The summed E-state index contributed by atoms with van der Waals surface area (Å²) in [4.78, 5) is 19.7. The molecular formula is C15H19N3O2S. The summed E-state index contributed by atoms with van der Waals surface area (Å²) >= 11 is 1.61. The fraction of sp³-hybridized carbons (Fsp3) is 0.333. The molecule has 0 fully saturated rings. The third kappa shape index (κ3) is 4.46. The van der Waals surface area contributed by atoms with Crippen LogP contribution in [0.15, 0.2) is 30.5 Å². The maximum absolute atomic E-state index is 11.2. The van der Waals surface area contributed by atoms with Crippen LogP contribution in [0.25, 0.3) is 0 Å². The molecule has 0 bridgehead atoms. The van der Waals surface area contributed by atoms with Gasteiger partial charge in [0.25, 0.3) is 0 Å². The Morgan fingerprint density at radius 1 is 1.29 bits per heavy atom. The largest absolute Gasteiger partial charge is 0.469 e. The number of nitrogens with zero attached hydrogens (tertiary/aromatic N) is 2. The van der Waals surface area contributed by atoms with E-state index < -0.39 is 0 Å². The van der Waals surface area contributed by atoms with Crippen molar-refractivity contribution in [3.05, 3.63) is 40.2 Å². The van der Waals surface area contributed by atoms with E-state index in [1.807, 2.05) is 49.5 Å². The zero-order valence-electron chi connectivity index (χ0n) is 12.4. The van der Waals surface area contributed by atoms with Crippen molar-refractivity contribution in [3.63, 3.8) is 0 Å². The number of anilines is 2. The molecule has 0 aliphatic rings. The van der Waals surface area contributed by atoms with Crippen LogP contribution in [0.5, 0.6) is 0 Å². The number of aromatic nitrogens is 1. The van der Waals surface area contributed by atoms with E-state index in [9.17, 15) is 4.79 Å². The highest BCUT2D eigenvalue weighted by Crippen LogP contribution is 2.19. The van der Waals surface area contributed by atoms with E-state index in [1.165, 1.54) is 12.0 Å². The summed E-state index contributed by atoms with van der Waals surface area (Å²) in [6.45, 7) is 0.717. The summed E-state index contributed by atoms with van der Waals surface area (Å²) < 4.78 is 4.66. The predicted molar refractivity (Wildman–Crippen MR) is 85.9 cm³/mol. The Kier molecular flexibility index (Phi) is 5.16. The Morgan fingerprint density at radius 3 is 2.67 bits per heavy atom. The zero-order valence-corrected chi connectivity index (χ0v) is 13.2. The third-order valence-electron chi connectivity index (χ3n) is 2.94. The van der Waals surface area contributed by atoms with Gasteiger partial charge >= 0.3 is 5.97 Å². The summed E-state index contributed by atoms with van der Waals surface area (Å²) in [5, 5.41) is 3.32. The van der Waals surface area contributed by atoms with Crippen LogP contribution in [0.1, 0.15) is 9.75 Å². The molecular weight excluding hydrogens is 286 g/mol. The lowest BCUT2D eigenvalue weighted by molar-refractivity contribution is -0.139. The van der Waals surface area contributed by atoms with E-state index in [2.05, 4.69) is 15.0 Å². The quantitative estimate of drug-likeness (QED) is 0.831. The number of carbonyl (C=O) groups is 1. The second-order valence-electron chi connectivity index (χ2n) is 4.77. The molecule has 0 aromatic carbocycles. The number of hydrogen-bond acceptors (Lipinski definition) is 6. The summed E-state index contributed by atoms with van der Waals surface area (Å²) in [5.74, 6) is 0.719. The van der Waals surface area contributed by atoms with Gasteiger partial charge in [0, 0.05) is 30.4 Å². The van der Waals surface area contributed by atoms with Crippen molar-refractivity contribution in [3.8, 4) is 0 Å². The van der Waals surface area contributed by atoms with Gasteiger partial charge in [-0.3, -0.25) is 4.79 Å². The van der Waals surface area contributed by atoms with E-state index >= 15 is 0 Å². The molecule has 2 rings (SSSR count). The molecule has 1 N–H and O–H groups in total. The molecule has 112 valence electrons. The Balaban J connectivity index is 1.89. The van der Waals surface area contributed by atoms with Gasteiger partial charge in [-0.2, -0.15) is 0 Å². The molecule has 0 amide bonds. The molecule has 2 aromatic rings. The second-order valence-corrected chi connectivity index (χ2v) is 6.03. The van der Waals surface area contributed by atoms with Crippen molar-refractivity contribution < 1.29 is 9.53 Å².